The van der Waals surface area contributed by atoms with Crippen LogP contribution >= 0.6 is 0 Å². The van der Waals surface area contributed by atoms with Crippen LogP contribution in [0.4, 0.5) is 23.0 Å². The fraction of sp³-hybridized carbons (Fsp3) is 0.200. The molecule has 0 saturated carbocycles. The Bertz CT molecular complexity index is 917. The molecule has 2 heterocycles. The van der Waals surface area contributed by atoms with Gasteiger partial charge in [-0.1, -0.05) is 36.4 Å². The van der Waals surface area contributed by atoms with Crippen LogP contribution in [0.3, 0.4) is 0 Å². The topological polar surface area (TPSA) is 61.7 Å². The van der Waals surface area contributed by atoms with Gasteiger partial charge in [-0.3, -0.25) is 4.90 Å². The van der Waals surface area contributed by atoms with Gasteiger partial charge in [-0.05, 0) is 23.3 Å². The van der Waals surface area contributed by atoms with Gasteiger partial charge >= 0.3 is 0 Å². The van der Waals surface area contributed by atoms with Crippen LogP contribution in [0.5, 0.6) is 0 Å². The molecule has 1 N–H and O–H groups in total. The number of rotatable bonds is 4. The number of aromatic nitrogens is 2. The van der Waals surface area contributed by atoms with E-state index in [4.69, 9.17) is 4.74 Å². The number of ether oxygens (including phenoxy) is 1. The lowest BCUT2D eigenvalue weighted by Gasteiger charge is -2.36. The van der Waals surface area contributed by atoms with Gasteiger partial charge in [-0.2, -0.15) is 0 Å². The molecule has 0 amide bonds. The van der Waals surface area contributed by atoms with E-state index in [9.17, 15) is 5.11 Å². The highest BCUT2D eigenvalue weighted by Crippen LogP contribution is 2.45. The molecule has 4 rings (SSSR count). The predicted octanol–water partition coefficient (Wildman–Crippen LogP) is 3.38. The van der Waals surface area contributed by atoms with E-state index in [1.165, 1.54) is 0 Å². The van der Waals surface area contributed by atoms with Gasteiger partial charge in [0.25, 0.3) is 0 Å². The molecule has 1 aliphatic heterocycles. The highest BCUT2D eigenvalue weighted by atomic mass is 16.5. The van der Waals surface area contributed by atoms with Crippen LogP contribution in [0.15, 0.2) is 60.9 Å². The molecule has 132 valence electrons. The van der Waals surface area contributed by atoms with Gasteiger partial charge < -0.3 is 14.7 Å². The summed E-state index contributed by atoms with van der Waals surface area (Å²) in [4.78, 5) is 12.9. The molecule has 0 saturated heterocycles. The lowest BCUT2D eigenvalue weighted by Crippen LogP contribution is -2.30. The number of aliphatic hydroxyl groups excluding tert-OH is 1. The Morgan fingerprint density at radius 3 is 2.42 bits per heavy atom. The second-order valence-electron chi connectivity index (χ2n) is 6.17. The average molecular weight is 348 g/mol. The Balaban J connectivity index is 1.81. The van der Waals surface area contributed by atoms with Gasteiger partial charge in [0.1, 0.15) is 12.8 Å². The number of benzene rings is 2. The summed E-state index contributed by atoms with van der Waals surface area (Å²) in [5.41, 5.74) is 3.58. The van der Waals surface area contributed by atoms with Crippen LogP contribution in [-0.2, 0) is 4.74 Å². The monoisotopic (exact) mass is 348 g/mol. The van der Waals surface area contributed by atoms with E-state index in [-0.39, 0.29) is 0 Å². The molecule has 1 unspecified atom stereocenters. The molecule has 0 spiro atoms. The maximum absolute atomic E-state index is 10.8. The van der Waals surface area contributed by atoms with Crippen LogP contribution in [0.2, 0.25) is 0 Å². The van der Waals surface area contributed by atoms with Crippen molar-refractivity contribution in [2.75, 3.05) is 30.7 Å². The van der Waals surface area contributed by atoms with Crippen molar-refractivity contribution in [3.05, 3.63) is 72.1 Å². The first-order valence-corrected chi connectivity index (χ1v) is 8.39. The molecule has 3 aromatic rings. The van der Waals surface area contributed by atoms with Crippen LogP contribution in [-0.4, -0.2) is 36.0 Å². The molecule has 1 atom stereocenters. The molecular formula is C20H20N4O2. The van der Waals surface area contributed by atoms with Gasteiger partial charge in [-0.15, -0.1) is 0 Å². The summed E-state index contributed by atoms with van der Waals surface area (Å²) in [5.74, 6) is 1.50. The largest absolute Gasteiger partial charge is 0.384 e. The summed E-state index contributed by atoms with van der Waals surface area (Å²) in [6.45, 7) is 0.345. The highest BCUT2D eigenvalue weighted by molar-refractivity contribution is 5.89. The van der Waals surface area contributed by atoms with Crippen molar-refractivity contribution in [1.82, 2.24) is 9.97 Å². The van der Waals surface area contributed by atoms with E-state index < -0.39 is 6.10 Å². The summed E-state index contributed by atoms with van der Waals surface area (Å²) in [7, 11) is 3.61. The predicted molar refractivity (Wildman–Crippen MR) is 101 cm³/mol. The molecule has 6 nitrogen and oxygen atoms in total. The standard InChI is InChI=1S/C20H20N4O2/c1-23-16-9-8-15(18(25)14-6-4-3-5-7-14)12-17(16)24(13-26-2)20-19(23)21-10-11-22-20/h3-12,18,25H,13H2,1-2H3. The van der Waals surface area contributed by atoms with Crippen molar-refractivity contribution in [1.29, 1.82) is 0 Å². The second kappa shape index (κ2) is 6.74. The number of nitrogens with zero attached hydrogens (tertiary/aromatic N) is 4. The van der Waals surface area contributed by atoms with E-state index in [1.807, 2.05) is 65.4 Å². The van der Waals surface area contributed by atoms with Crippen LogP contribution in [0.25, 0.3) is 0 Å². The molecule has 2 aromatic carbocycles. The summed E-state index contributed by atoms with van der Waals surface area (Å²) in [6.07, 6.45) is 2.65. The molecular weight excluding hydrogens is 328 g/mol. The second-order valence-corrected chi connectivity index (χ2v) is 6.17. The lowest BCUT2D eigenvalue weighted by atomic mass is 9.99. The van der Waals surface area contributed by atoms with Crippen molar-refractivity contribution in [2.45, 2.75) is 6.10 Å². The minimum absolute atomic E-state index is 0.345. The van der Waals surface area contributed by atoms with Gasteiger partial charge in [0, 0.05) is 26.6 Å². The SMILES string of the molecule is COCN1c2cc(C(O)c3ccccc3)ccc2N(C)c2nccnc21. The quantitative estimate of drug-likeness (QED) is 0.780. The maximum atomic E-state index is 10.8. The fourth-order valence-electron chi connectivity index (χ4n) is 3.28. The third-order valence-corrected chi connectivity index (χ3v) is 4.57. The average Bonchev–Trinajstić information content (AvgIpc) is 2.71. The van der Waals surface area contributed by atoms with Crippen molar-refractivity contribution in [3.8, 4) is 0 Å². The summed E-state index contributed by atoms with van der Waals surface area (Å²) in [6, 6.07) is 15.6. The van der Waals surface area contributed by atoms with Gasteiger partial charge in [0.05, 0.1) is 11.4 Å². The van der Waals surface area contributed by atoms with E-state index in [1.54, 1.807) is 19.5 Å². The normalized spacial score (nSPS) is 14.0. The molecule has 1 aliphatic rings. The zero-order valence-corrected chi connectivity index (χ0v) is 14.7. The van der Waals surface area contributed by atoms with E-state index >= 15 is 0 Å². The van der Waals surface area contributed by atoms with Crippen molar-refractivity contribution < 1.29 is 9.84 Å². The maximum Gasteiger partial charge on any atom is 0.178 e. The van der Waals surface area contributed by atoms with Gasteiger partial charge in [0.15, 0.2) is 11.6 Å². The number of fused-ring (bicyclic) bond motifs is 2. The molecule has 0 bridgehead atoms. The molecule has 1 aromatic heterocycles. The first-order valence-electron chi connectivity index (χ1n) is 8.39. The molecule has 6 heteroatoms. The molecule has 0 fully saturated rings. The van der Waals surface area contributed by atoms with Gasteiger partial charge in [-0.25, -0.2) is 9.97 Å². The number of hydrogen-bond donors (Lipinski definition) is 1. The molecule has 0 aliphatic carbocycles. The van der Waals surface area contributed by atoms with Crippen LogP contribution in [0.1, 0.15) is 17.2 Å². The van der Waals surface area contributed by atoms with Crippen LogP contribution < -0.4 is 9.80 Å². The summed E-state index contributed by atoms with van der Waals surface area (Å²) in [5, 5.41) is 10.8. The van der Waals surface area contributed by atoms with Crippen LogP contribution in [0, 0.1) is 0 Å². The summed E-state index contributed by atoms with van der Waals surface area (Å²) >= 11 is 0. The van der Waals surface area contributed by atoms with Crippen molar-refractivity contribution in [3.63, 3.8) is 0 Å². The lowest BCUT2D eigenvalue weighted by molar-refractivity contribution is 0.205. The third-order valence-electron chi connectivity index (χ3n) is 4.57. The Morgan fingerprint density at radius 1 is 0.962 bits per heavy atom. The molecule has 26 heavy (non-hydrogen) atoms. The number of aliphatic hydroxyl groups is 1. The minimum atomic E-state index is -0.695. The number of methoxy groups -OCH3 is 1. The fourth-order valence-corrected chi connectivity index (χ4v) is 3.28. The first kappa shape index (κ1) is 16.5. The van der Waals surface area contributed by atoms with E-state index in [0.717, 1.165) is 34.1 Å². The molecule has 0 radical (unpaired) electrons. The Kier molecular flexibility index (Phi) is 4.28. The van der Waals surface area contributed by atoms with E-state index in [0.29, 0.717) is 6.73 Å². The Hall–Kier alpha value is -2.96. The van der Waals surface area contributed by atoms with Crippen molar-refractivity contribution in [2.24, 2.45) is 0 Å². The zero-order chi connectivity index (χ0) is 18.1. The summed E-state index contributed by atoms with van der Waals surface area (Å²) < 4.78 is 5.39. The number of anilines is 4. The number of hydrogen-bond acceptors (Lipinski definition) is 6. The third kappa shape index (κ3) is 2.69. The Labute approximate surface area is 152 Å². The Morgan fingerprint density at radius 2 is 1.69 bits per heavy atom. The van der Waals surface area contributed by atoms with Gasteiger partial charge in [0.2, 0.25) is 0 Å². The smallest absolute Gasteiger partial charge is 0.178 e. The highest BCUT2D eigenvalue weighted by Gasteiger charge is 2.29. The van der Waals surface area contributed by atoms with E-state index in [2.05, 4.69) is 9.97 Å². The minimum Gasteiger partial charge on any atom is -0.384 e. The zero-order valence-electron chi connectivity index (χ0n) is 14.7. The first-order chi connectivity index (χ1) is 12.7. The van der Waals surface area contributed by atoms with Crippen molar-refractivity contribution >= 4 is 23.0 Å².